The Morgan fingerprint density at radius 1 is 0.424 bits per heavy atom. The second-order valence-corrected chi connectivity index (χ2v) is 17.1. The highest BCUT2D eigenvalue weighted by Crippen LogP contribution is 2.46. The van der Waals surface area contributed by atoms with Crippen LogP contribution in [-0.2, 0) is 10.8 Å². The minimum absolute atomic E-state index is 0.326. The first kappa shape index (κ1) is 51.7. The second kappa shape index (κ2) is 27.4. The molecule has 0 saturated carbocycles. The fraction of sp³-hybridized carbons (Fsp3) is 0.345. The van der Waals surface area contributed by atoms with E-state index in [2.05, 4.69) is 174 Å². The van der Waals surface area contributed by atoms with Gasteiger partial charge in [-0.2, -0.15) is 0 Å². The number of aliphatic hydroxyl groups is 1. The van der Waals surface area contributed by atoms with E-state index in [4.69, 9.17) is 28.7 Å². The molecule has 0 unspecified atom stereocenters. The van der Waals surface area contributed by atoms with E-state index in [1.165, 1.54) is 33.4 Å². The average Bonchev–Trinajstić information content (AvgIpc) is 3.36. The number of benzene rings is 6. The lowest BCUT2D eigenvalue weighted by atomic mass is 9.66. The summed E-state index contributed by atoms with van der Waals surface area (Å²) in [7, 11) is 4.72. The van der Waals surface area contributed by atoms with Gasteiger partial charge in [-0.3, -0.25) is 5.50 Å². The van der Waals surface area contributed by atoms with Crippen LogP contribution >= 0.6 is 8.53 Å². The third kappa shape index (κ3) is 14.4. The van der Waals surface area contributed by atoms with E-state index < -0.39 is 14.6 Å². The van der Waals surface area contributed by atoms with Gasteiger partial charge in [0.05, 0.1) is 34.5 Å². The number of hydrogen-bond acceptors (Lipinski definition) is 10. The van der Waals surface area contributed by atoms with Crippen LogP contribution in [0.15, 0.2) is 158 Å². The Morgan fingerprint density at radius 2 is 0.682 bits per heavy atom. The molecule has 7 N–H and O–H groups in total. The highest BCUT2D eigenvalue weighted by molar-refractivity contribution is 7.42. The molecular weight excluding hydrogens is 846 g/mol. The molecule has 11 heteroatoms. The van der Waals surface area contributed by atoms with Crippen LogP contribution in [0.5, 0.6) is 23.0 Å². The van der Waals surface area contributed by atoms with E-state index in [9.17, 15) is 5.11 Å². The number of hydrogen-bond donors (Lipinski definition) is 6. The van der Waals surface area contributed by atoms with Gasteiger partial charge in [-0.15, -0.1) is 0 Å². The molecule has 0 aliphatic heterocycles. The van der Waals surface area contributed by atoms with Gasteiger partial charge in [0.1, 0.15) is 23.0 Å². The van der Waals surface area contributed by atoms with Crippen molar-refractivity contribution in [3.05, 3.63) is 191 Å². The largest absolute Gasteiger partial charge is 0.497 e. The third-order valence-electron chi connectivity index (χ3n) is 12.4. The molecule has 0 radical (unpaired) electrons. The fourth-order valence-electron chi connectivity index (χ4n) is 9.06. The Labute approximate surface area is 394 Å². The normalized spacial score (nSPS) is 11.5. The molecule has 0 aromatic heterocycles. The van der Waals surface area contributed by atoms with Crippen molar-refractivity contribution >= 4 is 8.53 Å². The fourth-order valence-corrected chi connectivity index (χ4v) is 9.06. The van der Waals surface area contributed by atoms with Crippen LogP contribution in [0.2, 0.25) is 0 Å². The Bertz CT molecular complexity index is 1960. The summed E-state index contributed by atoms with van der Waals surface area (Å²) in [5, 5.41) is 17.8. The second-order valence-electron chi connectivity index (χ2n) is 16.5. The molecule has 6 aromatic carbocycles. The summed E-state index contributed by atoms with van der Waals surface area (Å²) in [6, 6.07) is 55.8. The van der Waals surface area contributed by atoms with Crippen LogP contribution in [0.3, 0.4) is 0 Å². The SMILES string of the molecule is COc1ccc(C(CCCCCNCC(O)CNCCCCCC(c2ccccc2)(c2ccc(OC)cc2)c2ccc(OC)cc2)(c2ccccc2)c2ccc(OC)cc2)cc1.NP(O)O. The van der Waals surface area contributed by atoms with Crippen LogP contribution in [0.4, 0.5) is 0 Å². The summed E-state index contributed by atoms with van der Waals surface area (Å²) < 4.78 is 22.1. The van der Waals surface area contributed by atoms with Crippen molar-refractivity contribution < 1.29 is 33.8 Å². The van der Waals surface area contributed by atoms with Crippen LogP contribution in [-0.4, -0.2) is 75.6 Å². The topological polar surface area (TPSA) is 148 Å². The van der Waals surface area contributed by atoms with Gasteiger partial charge in [0.15, 0.2) is 0 Å². The monoisotopic (exact) mass is 915 g/mol. The molecule has 0 amide bonds. The van der Waals surface area contributed by atoms with Crippen molar-refractivity contribution in [2.24, 2.45) is 5.50 Å². The van der Waals surface area contributed by atoms with Gasteiger partial charge in [-0.05, 0) is 121 Å². The van der Waals surface area contributed by atoms with E-state index in [1.54, 1.807) is 28.4 Å². The van der Waals surface area contributed by atoms with Crippen LogP contribution in [0.1, 0.15) is 84.7 Å². The van der Waals surface area contributed by atoms with E-state index in [0.29, 0.717) is 13.1 Å². The Morgan fingerprint density at radius 3 is 0.939 bits per heavy atom. The number of ether oxygens (including phenoxy) is 4. The first-order chi connectivity index (χ1) is 32.2. The summed E-state index contributed by atoms with van der Waals surface area (Å²) in [5.41, 5.74) is 11.1. The van der Waals surface area contributed by atoms with E-state index >= 15 is 0 Å². The lowest BCUT2D eigenvalue weighted by Crippen LogP contribution is -2.36. The van der Waals surface area contributed by atoms with Crippen LogP contribution in [0.25, 0.3) is 0 Å². The lowest BCUT2D eigenvalue weighted by molar-refractivity contribution is 0.168. The maximum Gasteiger partial charge on any atom is 0.247 e. The average molecular weight is 916 g/mol. The lowest BCUT2D eigenvalue weighted by Gasteiger charge is -2.36. The minimum atomic E-state index is -2.12. The predicted molar refractivity (Wildman–Crippen MR) is 269 cm³/mol. The standard InChI is InChI=1S/C55H66N2O5.H4NO2P/c1-59-50-29-21-45(22-30-50)54(43-17-9-5-10-18-43,46-23-31-51(60-2)32-24-46)37-13-7-15-39-56-41-49(58)42-57-40-16-8-14-38-55(44-19-11-6-12-20-44,47-25-33-52(61-3)34-26-47)48-27-35-53(62-4)36-28-48;1-4(2)3/h5-6,9-12,17-36,49,56-58H,7-8,13-16,37-42H2,1-4H3;2-3H,1H2. The Balaban J connectivity index is 0.00000196. The molecule has 0 heterocycles. The number of aliphatic hydroxyl groups excluding tert-OH is 1. The zero-order valence-corrected chi connectivity index (χ0v) is 40.0. The molecule has 0 fully saturated rings. The van der Waals surface area contributed by atoms with Gasteiger partial charge < -0.3 is 44.5 Å². The third-order valence-corrected chi connectivity index (χ3v) is 12.4. The molecule has 0 atom stereocenters. The van der Waals surface area contributed by atoms with E-state index in [0.717, 1.165) is 87.5 Å². The number of methoxy groups -OCH3 is 4. The van der Waals surface area contributed by atoms with Crippen molar-refractivity contribution in [2.45, 2.75) is 68.3 Å². The molecule has 0 bridgehead atoms. The minimum Gasteiger partial charge on any atom is -0.497 e. The van der Waals surface area contributed by atoms with E-state index in [1.807, 2.05) is 0 Å². The van der Waals surface area contributed by atoms with Gasteiger partial charge in [-0.25, -0.2) is 0 Å². The van der Waals surface area contributed by atoms with Crippen LogP contribution in [0, 0.1) is 0 Å². The molecule has 10 nitrogen and oxygen atoms in total. The molecule has 352 valence electrons. The molecule has 66 heavy (non-hydrogen) atoms. The summed E-state index contributed by atoms with van der Waals surface area (Å²) in [6.07, 6.45) is 7.78. The van der Waals surface area contributed by atoms with Crippen molar-refractivity contribution in [1.82, 2.24) is 10.6 Å². The molecular formula is C55H70N3O7P. The van der Waals surface area contributed by atoms with Crippen molar-refractivity contribution in [3.63, 3.8) is 0 Å². The number of rotatable bonds is 26. The van der Waals surface area contributed by atoms with Gasteiger partial charge in [0, 0.05) is 23.9 Å². The van der Waals surface area contributed by atoms with Gasteiger partial charge in [0.25, 0.3) is 0 Å². The molecule has 0 spiro atoms. The molecule has 0 aliphatic carbocycles. The van der Waals surface area contributed by atoms with Gasteiger partial charge in [-0.1, -0.05) is 135 Å². The van der Waals surface area contributed by atoms with E-state index in [-0.39, 0.29) is 10.8 Å². The summed E-state index contributed by atoms with van der Waals surface area (Å²) in [5.74, 6) is 3.40. The maximum absolute atomic E-state index is 10.8. The van der Waals surface area contributed by atoms with Gasteiger partial charge >= 0.3 is 0 Å². The Hall–Kier alpha value is -5.29. The zero-order chi connectivity index (χ0) is 47.0. The highest BCUT2D eigenvalue weighted by Gasteiger charge is 2.37. The first-order valence-corrected chi connectivity index (χ1v) is 24.2. The molecule has 0 aliphatic rings. The van der Waals surface area contributed by atoms with Gasteiger partial charge in [0.2, 0.25) is 8.53 Å². The maximum atomic E-state index is 10.8. The molecule has 0 saturated heterocycles. The predicted octanol–water partition coefficient (Wildman–Crippen LogP) is 9.91. The van der Waals surface area contributed by atoms with Crippen molar-refractivity contribution in [1.29, 1.82) is 0 Å². The van der Waals surface area contributed by atoms with Crippen molar-refractivity contribution in [2.75, 3.05) is 54.6 Å². The number of nitrogens with one attached hydrogen (secondary N) is 2. The summed E-state index contributed by atoms with van der Waals surface area (Å²) in [4.78, 5) is 14.9. The number of unbranched alkanes of at least 4 members (excludes halogenated alkanes) is 4. The first-order valence-electron chi connectivity index (χ1n) is 22.9. The number of nitrogens with two attached hydrogens (primary N) is 1. The zero-order valence-electron chi connectivity index (χ0n) is 39.1. The Kier molecular flexibility index (Phi) is 21.4. The highest BCUT2D eigenvalue weighted by atomic mass is 31.2. The van der Waals surface area contributed by atoms with Crippen molar-refractivity contribution in [3.8, 4) is 23.0 Å². The summed E-state index contributed by atoms with van der Waals surface area (Å²) in [6.45, 7) is 2.88. The van der Waals surface area contributed by atoms with Crippen LogP contribution < -0.4 is 35.1 Å². The quantitative estimate of drug-likeness (QED) is 0.0177. The smallest absolute Gasteiger partial charge is 0.247 e. The summed E-state index contributed by atoms with van der Waals surface area (Å²) >= 11 is 0. The molecule has 6 aromatic rings. The molecule has 6 rings (SSSR count).